The topological polar surface area (TPSA) is 120 Å². The fourth-order valence-corrected chi connectivity index (χ4v) is 3.60. The van der Waals surface area contributed by atoms with Gasteiger partial charge in [0.2, 0.25) is 11.1 Å². The van der Waals surface area contributed by atoms with Gasteiger partial charge in [0, 0.05) is 12.5 Å². The Morgan fingerprint density at radius 1 is 1.03 bits per heavy atom. The second kappa shape index (κ2) is 9.48. The van der Waals surface area contributed by atoms with Crippen LogP contribution in [0.5, 0.6) is 5.75 Å². The van der Waals surface area contributed by atoms with Crippen LogP contribution in [0.1, 0.15) is 17.3 Å². The van der Waals surface area contributed by atoms with Crippen LogP contribution >= 0.6 is 11.8 Å². The van der Waals surface area contributed by atoms with Gasteiger partial charge in [0.1, 0.15) is 11.4 Å². The zero-order chi connectivity index (χ0) is 22.5. The lowest BCUT2D eigenvalue weighted by Gasteiger charge is -2.10. The fraction of sp³-hybridized carbons (Fsp3) is 0.136. The Labute approximate surface area is 187 Å². The Morgan fingerprint density at radius 3 is 2.38 bits per heavy atom. The van der Waals surface area contributed by atoms with Crippen molar-refractivity contribution in [3.05, 3.63) is 60.6 Å². The van der Waals surface area contributed by atoms with E-state index in [0.29, 0.717) is 45.1 Å². The monoisotopic (exact) mass is 450 g/mol. The Hall–Kier alpha value is -3.92. The number of ketones is 1. The standard InChI is InChI=1S/C22H18N4O5S/c1-13(27)23-15-11-14(7-8-17(15)29-2)16(28)12-32-22-24-20(18-5-3-9-30-18)21(25-26-22)19-6-4-10-31-19/h3-11H,12H2,1-2H3,(H,23,27). The summed E-state index contributed by atoms with van der Waals surface area (Å²) in [5.41, 5.74) is 1.76. The number of methoxy groups -OCH3 is 1. The number of Topliss-reactive ketones (excluding diaryl/α,β-unsaturated/α-hetero) is 1. The second-order valence-electron chi connectivity index (χ2n) is 6.55. The van der Waals surface area contributed by atoms with Crippen molar-refractivity contribution in [1.82, 2.24) is 15.2 Å². The van der Waals surface area contributed by atoms with Gasteiger partial charge in [-0.25, -0.2) is 4.98 Å². The van der Waals surface area contributed by atoms with Crippen LogP contribution in [0.25, 0.3) is 22.9 Å². The highest BCUT2D eigenvalue weighted by Crippen LogP contribution is 2.31. The molecular formula is C22H18N4O5S. The normalized spacial score (nSPS) is 10.7. The average Bonchev–Trinajstić information content (AvgIpc) is 3.51. The number of hydrogen-bond acceptors (Lipinski definition) is 9. The van der Waals surface area contributed by atoms with Gasteiger partial charge < -0.3 is 18.9 Å². The van der Waals surface area contributed by atoms with Gasteiger partial charge in [-0.1, -0.05) is 11.8 Å². The summed E-state index contributed by atoms with van der Waals surface area (Å²) in [4.78, 5) is 28.7. The molecule has 0 aliphatic carbocycles. The lowest BCUT2D eigenvalue weighted by atomic mass is 10.1. The number of nitrogens with zero attached hydrogens (tertiary/aromatic N) is 3. The molecule has 0 bridgehead atoms. The van der Waals surface area contributed by atoms with E-state index in [9.17, 15) is 9.59 Å². The molecule has 0 spiro atoms. The summed E-state index contributed by atoms with van der Waals surface area (Å²) < 4.78 is 16.1. The van der Waals surface area contributed by atoms with E-state index in [2.05, 4.69) is 20.5 Å². The third-order valence-corrected chi connectivity index (χ3v) is 5.18. The Bertz CT molecular complexity index is 1240. The summed E-state index contributed by atoms with van der Waals surface area (Å²) in [6, 6.07) is 11.9. The van der Waals surface area contributed by atoms with Crippen LogP contribution in [0.15, 0.2) is 69.0 Å². The third kappa shape index (κ3) is 4.70. The minimum absolute atomic E-state index is 0.0746. The summed E-state index contributed by atoms with van der Waals surface area (Å²) in [5.74, 6) is 1.13. The fourth-order valence-electron chi connectivity index (χ4n) is 2.92. The summed E-state index contributed by atoms with van der Waals surface area (Å²) in [7, 11) is 1.49. The Morgan fingerprint density at radius 2 is 1.75 bits per heavy atom. The van der Waals surface area contributed by atoms with E-state index in [4.69, 9.17) is 13.6 Å². The van der Waals surface area contributed by atoms with Gasteiger partial charge in [0.15, 0.2) is 23.0 Å². The predicted molar refractivity (Wildman–Crippen MR) is 118 cm³/mol. The highest BCUT2D eigenvalue weighted by molar-refractivity contribution is 7.99. The molecule has 0 unspecified atom stereocenters. The van der Waals surface area contributed by atoms with Crippen molar-refractivity contribution >= 4 is 29.1 Å². The smallest absolute Gasteiger partial charge is 0.221 e. The molecule has 0 saturated heterocycles. The minimum Gasteiger partial charge on any atom is -0.495 e. The van der Waals surface area contributed by atoms with E-state index in [1.807, 2.05) is 0 Å². The van der Waals surface area contributed by atoms with Crippen LogP contribution in [0.4, 0.5) is 5.69 Å². The lowest BCUT2D eigenvalue weighted by molar-refractivity contribution is -0.114. The summed E-state index contributed by atoms with van der Waals surface area (Å²) in [6.45, 7) is 1.39. The van der Waals surface area contributed by atoms with Gasteiger partial charge in [-0.15, -0.1) is 10.2 Å². The molecule has 0 saturated carbocycles. The zero-order valence-electron chi connectivity index (χ0n) is 17.2. The minimum atomic E-state index is -0.260. The number of thioether (sulfide) groups is 1. The number of carbonyl (C=O) groups is 2. The maximum atomic E-state index is 12.7. The number of carbonyl (C=O) groups excluding carboxylic acids is 2. The molecule has 0 atom stereocenters. The zero-order valence-corrected chi connectivity index (χ0v) is 18.0. The summed E-state index contributed by atoms with van der Waals surface area (Å²) in [5, 5.41) is 11.3. The maximum Gasteiger partial charge on any atom is 0.221 e. The molecule has 0 fully saturated rings. The summed E-state index contributed by atoms with van der Waals surface area (Å²) in [6.07, 6.45) is 3.07. The first kappa shape index (κ1) is 21.3. The molecule has 32 heavy (non-hydrogen) atoms. The number of aromatic nitrogens is 3. The van der Waals surface area contributed by atoms with Gasteiger partial charge >= 0.3 is 0 Å². The van der Waals surface area contributed by atoms with E-state index in [1.165, 1.54) is 26.6 Å². The molecule has 1 amide bonds. The number of anilines is 1. The number of hydrogen-bond donors (Lipinski definition) is 1. The Kier molecular flexibility index (Phi) is 6.31. The van der Waals surface area contributed by atoms with Crippen molar-refractivity contribution in [3.8, 4) is 28.7 Å². The van der Waals surface area contributed by atoms with Crippen molar-refractivity contribution in [2.24, 2.45) is 0 Å². The van der Waals surface area contributed by atoms with Crippen molar-refractivity contribution in [1.29, 1.82) is 0 Å². The quantitative estimate of drug-likeness (QED) is 0.309. The molecule has 162 valence electrons. The first-order valence-corrected chi connectivity index (χ1v) is 10.5. The third-order valence-electron chi connectivity index (χ3n) is 4.34. The van der Waals surface area contributed by atoms with E-state index in [-0.39, 0.29) is 17.4 Å². The van der Waals surface area contributed by atoms with Crippen molar-refractivity contribution in [2.75, 3.05) is 18.2 Å². The molecule has 4 aromatic rings. The van der Waals surface area contributed by atoms with Crippen molar-refractivity contribution in [3.63, 3.8) is 0 Å². The number of nitrogens with one attached hydrogen (secondary N) is 1. The molecule has 1 aromatic carbocycles. The number of rotatable bonds is 8. The van der Waals surface area contributed by atoms with E-state index < -0.39 is 0 Å². The van der Waals surface area contributed by atoms with Crippen molar-refractivity contribution in [2.45, 2.75) is 12.1 Å². The number of benzene rings is 1. The molecule has 0 aliphatic heterocycles. The van der Waals surface area contributed by atoms with E-state index in [0.717, 1.165) is 11.8 Å². The number of amides is 1. The van der Waals surface area contributed by atoms with Gasteiger partial charge in [0.05, 0.1) is 31.1 Å². The number of ether oxygens (including phenoxy) is 1. The molecule has 1 N–H and O–H groups in total. The van der Waals surface area contributed by atoms with Gasteiger partial charge in [-0.2, -0.15) is 0 Å². The van der Waals surface area contributed by atoms with E-state index in [1.54, 1.807) is 42.5 Å². The Balaban J connectivity index is 1.55. The molecule has 0 radical (unpaired) electrons. The van der Waals surface area contributed by atoms with Crippen LogP contribution in [0, 0.1) is 0 Å². The highest BCUT2D eigenvalue weighted by Gasteiger charge is 2.19. The van der Waals surface area contributed by atoms with Crippen LogP contribution < -0.4 is 10.1 Å². The molecule has 9 nitrogen and oxygen atoms in total. The van der Waals surface area contributed by atoms with Crippen LogP contribution in [0.3, 0.4) is 0 Å². The van der Waals surface area contributed by atoms with Crippen LogP contribution in [-0.2, 0) is 4.79 Å². The highest BCUT2D eigenvalue weighted by atomic mass is 32.2. The van der Waals surface area contributed by atoms with Crippen LogP contribution in [-0.4, -0.2) is 39.7 Å². The average molecular weight is 450 g/mol. The van der Waals surface area contributed by atoms with Gasteiger partial charge in [-0.05, 0) is 42.5 Å². The first-order chi connectivity index (χ1) is 15.5. The van der Waals surface area contributed by atoms with Crippen molar-refractivity contribution < 1.29 is 23.2 Å². The van der Waals surface area contributed by atoms with E-state index >= 15 is 0 Å². The van der Waals surface area contributed by atoms with Crippen LogP contribution in [0.2, 0.25) is 0 Å². The largest absolute Gasteiger partial charge is 0.495 e. The lowest BCUT2D eigenvalue weighted by Crippen LogP contribution is -2.10. The van der Waals surface area contributed by atoms with Gasteiger partial charge in [-0.3, -0.25) is 9.59 Å². The predicted octanol–water partition coefficient (Wildman–Crippen LogP) is 4.33. The van der Waals surface area contributed by atoms with Gasteiger partial charge in [0.25, 0.3) is 0 Å². The first-order valence-electron chi connectivity index (χ1n) is 9.49. The molecule has 3 heterocycles. The summed E-state index contributed by atoms with van der Waals surface area (Å²) >= 11 is 1.15. The number of furan rings is 2. The molecule has 0 aliphatic rings. The molecule has 10 heteroatoms. The molecule has 3 aromatic heterocycles. The molecule has 4 rings (SSSR count). The SMILES string of the molecule is COc1ccc(C(=O)CSc2nnc(-c3ccco3)c(-c3ccco3)n2)cc1NC(C)=O. The second-order valence-corrected chi connectivity index (χ2v) is 7.50. The molecular weight excluding hydrogens is 432 g/mol. The maximum absolute atomic E-state index is 12.7.